The van der Waals surface area contributed by atoms with Crippen molar-refractivity contribution < 1.29 is 19.0 Å². The fourth-order valence-corrected chi connectivity index (χ4v) is 8.15. The number of fused-ring (bicyclic) bond motifs is 2. The first-order chi connectivity index (χ1) is 22.8. The van der Waals surface area contributed by atoms with Crippen molar-refractivity contribution in [2.45, 2.75) is 83.5 Å². The van der Waals surface area contributed by atoms with E-state index in [0.717, 1.165) is 130 Å². The standard InChI is InChI=1S/C38H47N5O4/c1-37(2,3)47-36(44)42-24-38(25-42)16-9-17-41(23-38)35-29-12-5-4-10-27(29)21-31(39-35)34-30-20-26(28-11-8-18-45-22-28)14-15-32(30)43(40-34)33-13-6-7-19-46-33/h4-5,10,12,14-15,20-21,28,33H,6-9,11,13,16-19,22-25H2,1-3H3. The Labute approximate surface area is 277 Å². The van der Waals surface area contributed by atoms with Crippen LogP contribution in [0, 0.1) is 5.41 Å². The van der Waals surface area contributed by atoms with E-state index in [0.29, 0.717) is 5.92 Å². The number of rotatable bonds is 4. The lowest BCUT2D eigenvalue weighted by Crippen LogP contribution is -2.64. The molecule has 2 aromatic heterocycles. The van der Waals surface area contributed by atoms with Gasteiger partial charge < -0.3 is 24.0 Å². The molecule has 4 aliphatic rings. The lowest BCUT2D eigenvalue weighted by molar-refractivity contribution is -0.0390. The van der Waals surface area contributed by atoms with Gasteiger partial charge in [0.2, 0.25) is 0 Å². The Balaban J connectivity index is 1.17. The normalized spacial score (nSPS) is 23.3. The quantitative estimate of drug-likeness (QED) is 0.227. The smallest absolute Gasteiger partial charge is 0.410 e. The minimum absolute atomic E-state index is 0.0531. The molecule has 248 valence electrons. The van der Waals surface area contributed by atoms with Crippen LogP contribution in [0.3, 0.4) is 0 Å². The maximum atomic E-state index is 12.8. The molecular formula is C38H47N5O4. The summed E-state index contributed by atoms with van der Waals surface area (Å²) >= 11 is 0. The van der Waals surface area contributed by atoms with E-state index in [1.807, 2.05) is 25.7 Å². The number of carbonyl (C=O) groups excluding carboxylic acids is 1. The second-order valence-electron chi connectivity index (χ2n) is 15.2. The van der Waals surface area contributed by atoms with E-state index in [9.17, 15) is 4.79 Å². The summed E-state index contributed by atoms with van der Waals surface area (Å²) in [4.78, 5) is 22.6. The van der Waals surface area contributed by atoms with Gasteiger partial charge in [-0.3, -0.25) is 0 Å². The number of anilines is 1. The number of benzene rings is 2. The van der Waals surface area contributed by atoms with Gasteiger partial charge in [-0.15, -0.1) is 0 Å². The van der Waals surface area contributed by atoms with Crippen LogP contribution in [0.5, 0.6) is 0 Å². The molecule has 0 radical (unpaired) electrons. The van der Waals surface area contributed by atoms with Gasteiger partial charge in [0.25, 0.3) is 0 Å². The van der Waals surface area contributed by atoms with Crippen molar-refractivity contribution in [3.05, 3.63) is 54.1 Å². The van der Waals surface area contributed by atoms with Crippen LogP contribution in [0.2, 0.25) is 0 Å². The Kier molecular flexibility index (Phi) is 7.87. The van der Waals surface area contributed by atoms with Gasteiger partial charge in [-0.05, 0) is 94.9 Å². The first-order valence-electron chi connectivity index (χ1n) is 17.6. The molecule has 4 fully saturated rings. The molecule has 4 aliphatic heterocycles. The van der Waals surface area contributed by atoms with Gasteiger partial charge in [-0.25, -0.2) is 14.5 Å². The maximum absolute atomic E-state index is 12.8. The second-order valence-corrected chi connectivity index (χ2v) is 15.2. The van der Waals surface area contributed by atoms with Crippen LogP contribution in [0.1, 0.15) is 83.4 Å². The van der Waals surface area contributed by atoms with E-state index >= 15 is 0 Å². The molecule has 2 atom stereocenters. The van der Waals surface area contributed by atoms with Crippen molar-refractivity contribution in [3.63, 3.8) is 0 Å². The lowest BCUT2D eigenvalue weighted by atomic mass is 9.73. The van der Waals surface area contributed by atoms with Crippen molar-refractivity contribution in [1.29, 1.82) is 0 Å². The minimum Gasteiger partial charge on any atom is -0.444 e. The van der Waals surface area contributed by atoms with Crippen LogP contribution >= 0.6 is 0 Å². The summed E-state index contributed by atoms with van der Waals surface area (Å²) in [5.74, 6) is 1.39. The Bertz CT molecular complexity index is 1780. The van der Waals surface area contributed by atoms with Gasteiger partial charge in [0.15, 0.2) is 6.23 Å². The molecule has 0 aliphatic carbocycles. The first-order valence-corrected chi connectivity index (χ1v) is 17.6. The highest BCUT2D eigenvalue weighted by atomic mass is 16.6. The zero-order chi connectivity index (χ0) is 32.2. The van der Waals surface area contributed by atoms with Gasteiger partial charge in [-0.2, -0.15) is 5.10 Å². The van der Waals surface area contributed by atoms with Crippen molar-refractivity contribution in [2.24, 2.45) is 5.41 Å². The molecule has 9 nitrogen and oxygen atoms in total. The second kappa shape index (κ2) is 12.1. The number of hydrogen-bond acceptors (Lipinski definition) is 7. The van der Waals surface area contributed by atoms with Crippen LogP contribution < -0.4 is 4.90 Å². The molecular weight excluding hydrogens is 590 g/mol. The number of amides is 1. The van der Waals surface area contributed by atoms with Gasteiger partial charge in [0, 0.05) is 61.5 Å². The maximum Gasteiger partial charge on any atom is 0.410 e. The molecule has 9 heteroatoms. The molecule has 1 amide bonds. The number of nitrogens with zero attached hydrogens (tertiary/aromatic N) is 5. The van der Waals surface area contributed by atoms with Gasteiger partial charge >= 0.3 is 6.09 Å². The zero-order valence-corrected chi connectivity index (χ0v) is 28.0. The van der Waals surface area contributed by atoms with E-state index in [2.05, 4.69) is 58.1 Å². The van der Waals surface area contributed by atoms with Crippen molar-refractivity contribution in [3.8, 4) is 11.4 Å². The first kappa shape index (κ1) is 30.6. The number of likely N-dealkylation sites (tertiary alicyclic amines) is 1. The van der Waals surface area contributed by atoms with Crippen LogP contribution in [0.15, 0.2) is 48.5 Å². The summed E-state index contributed by atoms with van der Waals surface area (Å²) in [7, 11) is 0. The van der Waals surface area contributed by atoms with Crippen LogP contribution in [-0.2, 0) is 14.2 Å². The van der Waals surface area contributed by atoms with E-state index in [4.69, 9.17) is 24.3 Å². The third-order valence-electron chi connectivity index (χ3n) is 10.4. The third-order valence-corrected chi connectivity index (χ3v) is 10.4. The topological polar surface area (TPSA) is 82.0 Å². The van der Waals surface area contributed by atoms with E-state index in [1.54, 1.807) is 0 Å². The van der Waals surface area contributed by atoms with Gasteiger partial charge in [-0.1, -0.05) is 30.3 Å². The third kappa shape index (κ3) is 5.97. The molecule has 2 unspecified atom stereocenters. The molecule has 2 aromatic carbocycles. The van der Waals surface area contributed by atoms with Gasteiger partial charge in [0.1, 0.15) is 17.1 Å². The Hall–Kier alpha value is -3.69. The predicted octanol–water partition coefficient (Wildman–Crippen LogP) is 7.68. The predicted molar refractivity (Wildman–Crippen MR) is 184 cm³/mol. The summed E-state index contributed by atoms with van der Waals surface area (Å²) in [5, 5.41) is 8.73. The van der Waals surface area contributed by atoms with Crippen molar-refractivity contribution >= 4 is 33.6 Å². The number of carbonyl (C=O) groups is 1. The molecule has 4 saturated heterocycles. The molecule has 0 bridgehead atoms. The Morgan fingerprint density at radius 1 is 0.957 bits per heavy atom. The number of aromatic nitrogens is 3. The minimum atomic E-state index is -0.493. The largest absolute Gasteiger partial charge is 0.444 e. The highest BCUT2D eigenvalue weighted by Gasteiger charge is 2.49. The molecule has 4 aromatic rings. The number of hydrogen-bond donors (Lipinski definition) is 0. The van der Waals surface area contributed by atoms with Crippen LogP contribution in [0.25, 0.3) is 33.1 Å². The zero-order valence-electron chi connectivity index (χ0n) is 28.0. The average Bonchev–Trinajstić information content (AvgIpc) is 3.46. The summed E-state index contributed by atoms with van der Waals surface area (Å²) in [6, 6.07) is 17.6. The molecule has 8 rings (SSSR count). The number of pyridine rings is 1. The van der Waals surface area contributed by atoms with Crippen LogP contribution in [0.4, 0.5) is 10.6 Å². The molecule has 0 N–H and O–H groups in total. The summed E-state index contributed by atoms with van der Waals surface area (Å²) in [5.41, 5.74) is 3.76. The van der Waals surface area contributed by atoms with Crippen molar-refractivity contribution in [1.82, 2.24) is 19.7 Å². The lowest BCUT2D eigenvalue weighted by Gasteiger charge is -2.54. The summed E-state index contributed by atoms with van der Waals surface area (Å²) in [6.45, 7) is 11.4. The molecule has 6 heterocycles. The average molecular weight is 638 g/mol. The Morgan fingerprint density at radius 3 is 2.62 bits per heavy atom. The van der Waals surface area contributed by atoms with Crippen LogP contribution in [-0.4, -0.2) is 77.4 Å². The van der Waals surface area contributed by atoms with E-state index in [1.165, 1.54) is 5.56 Å². The summed E-state index contributed by atoms with van der Waals surface area (Å²) < 4.78 is 19.9. The van der Waals surface area contributed by atoms with Crippen molar-refractivity contribution in [2.75, 3.05) is 50.9 Å². The van der Waals surface area contributed by atoms with E-state index in [-0.39, 0.29) is 17.7 Å². The Morgan fingerprint density at radius 2 is 1.83 bits per heavy atom. The fourth-order valence-electron chi connectivity index (χ4n) is 8.15. The monoisotopic (exact) mass is 637 g/mol. The number of ether oxygens (including phenoxy) is 3. The molecule has 1 spiro atoms. The highest BCUT2D eigenvalue weighted by molar-refractivity contribution is 5.99. The number of piperidine rings is 1. The molecule has 47 heavy (non-hydrogen) atoms. The highest BCUT2D eigenvalue weighted by Crippen LogP contribution is 2.43. The fraction of sp³-hybridized carbons (Fsp3) is 0.553. The van der Waals surface area contributed by atoms with Gasteiger partial charge in [0.05, 0.1) is 17.8 Å². The summed E-state index contributed by atoms with van der Waals surface area (Å²) in [6.07, 6.45) is 7.30. The molecule has 0 saturated carbocycles. The SMILES string of the molecule is CC(C)(C)OC(=O)N1CC2(CCCN(c3nc(-c4nn(C5CCCCO5)c5ccc(C6CCCOC6)cc45)cc4ccccc34)C2)C1. The van der Waals surface area contributed by atoms with E-state index < -0.39 is 5.60 Å².